The molecule has 2 heterocycles. The van der Waals surface area contributed by atoms with Crippen molar-refractivity contribution in [1.29, 1.82) is 0 Å². The maximum atomic E-state index is 13.2. The SMILES string of the molecule is CCCCC#C[N+]12CSC(c3ccccc3)C1C[NH+]([O-])C2Cc1ccccc1. The maximum Gasteiger partial charge on any atom is 0.232 e. The molecular weight excluding hydrogens is 364 g/mol. The van der Waals surface area contributed by atoms with E-state index in [2.05, 4.69) is 73.5 Å². The van der Waals surface area contributed by atoms with Crippen LogP contribution >= 0.6 is 11.8 Å². The van der Waals surface area contributed by atoms with E-state index in [9.17, 15) is 5.21 Å². The van der Waals surface area contributed by atoms with Crippen LogP contribution in [-0.4, -0.2) is 29.1 Å². The lowest BCUT2D eigenvalue weighted by atomic mass is 10.0. The van der Waals surface area contributed by atoms with Crippen molar-refractivity contribution in [2.45, 2.75) is 50.1 Å². The summed E-state index contributed by atoms with van der Waals surface area (Å²) in [5, 5.41) is 13.9. The third-order valence-corrected chi connectivity index (χ3v) is 7.61. The Morgan fingerprint density at radius 3 is 2.54 bits per heavy atom. The van der Waals surface area contributed by atoms with Gasteiger partial charge in [-0.15, -0.1) is 0 Å². The Morgan fingerprint density at radius 1 is 1.11 bits per heavy atom. The van der Waals surface area contributed by atoms with Gasteiger partial charge < -0.3 is 10.3 Å². The van der Waals surface area contributed by atoms with E-state index in [0.717, 1.165) is 31.6 Å². The fourth-order valence-electron chi connectivity index (χ4n) is 4.58. The van der Waals surface area contributed by atoms with Crippen LogP contribution in [0.4, 0.5) is 0 Å². The minimum absolute atomic E-state index is 0.0391. The second kappa shape index (κ2) is 8.71. The molecule has 146 valence electrons. The number of thioether (sulfide) groups is 1. The first-order valence-electron chi connectivity index (χ1n) is 10.4. The van der Waals surface area contributed by atoms with Gasteiger partial charge in [-0.2, -0.15) is 4.48 Å². The Hall–Kier alpha value is -1.77. The van der Waals surface area contributed by atoms with Crippen LogP contribution in [0.25, 0.3) is 0 Å². The Labute approximate surface area is 172 Å². The zero-order valence-electron chi connectivity index (χ0n) is 16.5. The van der Waals surface area contributed by atoms with Gasteiger partial charge in [-0.3, -0.25) is 0 Å². The first kappa shape index (κ1) is 19.5. The Bertz CT molecular complexity index is 828. The molecule has 0 aromatic heterocycles. The molecule has 2 saturated heterocycles. The highest BCUT2D eigenvalue weighted by Crippen LogP contribution is 2.48. The number of nitrogens with one attached hydrogen (secondary N) is 1. The number of hydroxylamine groups is 2. The van der Waals surface area contributed by atoms with Gasteiger partial charge in [0, 0.05) is 6.42 Å². The second-order valence-corrected chi connectivity index (χ2v) is 8.99. The third kappa shape index (κ3) is 3.73. The van der Waals surface area contributed by atoms with Gasteiger partial charge in [0.05, 0.1) is 11.7 Å². The molecule has 0 radical (unpaired) electrons. The highest BCUT2D eigenvalue weighted by atomic mass is 32.2. The van der Waals surface area contributed by atoms with E-state index in [1.165, 1.54) is 11.1 Å². The van der Waals surface area contributed by atoms with Gasteiger partial charge in [-0.05, 0) is 23.5 Å². The minimum Gasteiger partial charge on any atom is -0.630 e. The quantitative estimate of drug-likeness (QED) is 0.363. The van der Waals surface area contributed by atoms with Crippen molar-refractivity contribution in [1.82, 2.24) is 0 Å². The second-order valence-electron chi connectivity index (χ2n) is 7.89. The third-order valence-electron chi connectivity index (χ3n) is 6.09. The van der Waals surface area contributed by atoms with E-state index >= 15 is 0 Å². The molecule has 5 atom stereocenters. The highest BCUT2D eigenvalue weighted by molar-refractivity contribution is 7.99. The van der Waals surface area contributed by atoms with E-state index in [-0.39, 0.29) is 12.2 Å². The molecule has 0 spiro atoms. The number of unbranched alkanes of at least 4 members (excludes halogenated alkanes) is 2. The summed E-state index contributed by atoms with van der Waals surface area (Å²) < 4.78 is 0.654. The molecule has 2 aliphatic heterocycles. The predicted octanol–water partition coefficient (Wildman–Crippen LogP) is 3.73. The number of rotatable bonds is 5. The predicted molar refractivity (Wildman–Crippen MR) is 116 cm³/mol. The molecule has 4 heteroatoms. The van der Waals surface area contributed by atoms with Crippen LogP contribution in [0.15, 0.2) is 60.7 Å². The molecule has 2 aromatic carbocycles. The molecule has 0 bridgehead atoms. The normalized spacial score (nSPS) is 31.2. The van der Waals surface area contributed by atoms with Gasteiger partial charge in [0.2, 0.25) is 6.17 Å². The summed E-state index contributed by atoms with van der Waals surface area (Å²) in [6.07, 6.45) is 3.97. The summed E-state index contributed by atoms with van der Waals surface area (Å²) in [5.41, 5.74) is 2.57. The molecule has 5 unspecified atom stereocenters. The van der Waals surface area contributed by atoms with Gasteiger partial charge in [0.1, 0.15) is 18.5 Å². The maximum absolute atomic E-state index is 13.2. The van der Waals surface area contributed by atoms with Gasteiger partial charge in [-0.25, -0.2) is 0 Å². The summed E-state index contributed by atoms with van der Waals surface area (Å²) in [6, 6.07) is 25.0. The van der Waals surface area contributed by atoms with Crippen molar-refractivity contribution < 1.29 is 9.55 Å². The number of nitrogens with zero attached hydrogens (tertiary/aromatic N) is 1. The molecule has 1 N–H and O–H groups in total. The van der Waals surface area contributed by atoms with E-state index in [1.807, 2.05) is 17.8 Å². The van der Waals surface area contributed by atoms with Crippen molar-refractivity contribution in [2.24, 2.45) is 0 Å². The number of hydrogen-bond donors (Lipinski definition) is 1. The number of hydrogen-bond acceptors (Lipinski definition) is 2. The molecule has 28 heavy (non-hydrogen) atoms. The first-order valence-corrected chi connectivity index (χ1v) is 11.4. The van der Waals surface area contributed by atoms with Crippen LogP contribution in [0.1, 0.15) is 42.6 Å². The minimum atomic E-state index is -0.0391. The number of benzene rings is 2. The molecule has 2 aliphatic rings. The van der Waals surface area contributed by atoms with E-state index in [0.29, 0.717) is 21.3 Å². The lowest BCUT2D eigenvalue weighted by Gasteiger charge is -2.33. The van der Waals surface area contributed by atoms with Crippen LogP contribution in [0.5, 0.6) is 0 Å². The Morgan fingerprint density at radius 2 is 1.82 bits per heavy atom. The molecule has 2 fully saturated rings. The van der Waals surface area contributed by atoms with Crippen molar-refractivity contribution in [2.75, 3.05) is 12.4 Å². The van der Waals surface area contributed by atoms with Crippen LogP contribution in [0.2, 0.25) is 0 Å². The summed E-state index contributed by atoms with van der Waals surface area (Å²) >= 11 is 1.98. The molecule has 2 aromatic rings. The van der Waals surface area contributed by atoms with Crippen LogP contribution in [0.3, 0.4) is 0 Å². The molecule has 0 amide bonds. The summed E-state index contributed by atoms with van der Waals surface area (Å²) in [5.74, 6) is 4.36. The average Bonchev–Trinajstić information content (AvgIpc) is 3.21. The Kier molecular flexibility index (Phi) is 6.08. The summed E-state index contributed by atoms with van der Waals surface area (Å²) in [4.78, 5) is 0. The molecule has 3 nitrogen and oxygen atoms in total. The topological polar surface area (TPSA) is 27.5 Å². The van der Waals surface area contributed by atoms with Crippen molar-refractivity contribution in [3.63, 3.8) is 0 Å². The summed E-state index contributed by atoms with van der Waals surface area (Å²) in [6.45, 7) is 2.85. The summed E-state index contributed by atoms with van der Waals surface area (Å²) in [7, 11) is 0. The average molecular weight is 394 g/mol. The van der Waals surface area contributed by atoms with Gasteiger partial charge in [-0.1, -0.05) is 85.8 Å². The fraction of sp³-hybridized carbons (Fsp3) is 0.417. The zero-order valence-corrected chi connectivity index (χ0v) is 17.3. The highest BCUT2D eigenvalue weighted by Gasteiger charge is 2.62. The van der Waals surface area contributed by atoms with Crippen molar-refractivity contribution >= 4 is 11.8 Å². The van der Waals surface area contributed by atoms with Gasteiger partial charge in [0.25, 0.3) is 0 Å². The molecule has 0 aliphatic carbocycles. The van der Waals surface area contributed by atoms with Crippen LogP contribution < -0.4 is 5.06 Å². The Balaban J connectivity index is 1.67. The monoisotopic (exact) mass is 393 g/mol. The van der Waals surface area contributed by atoms with Crippen molar-refractivity contribution in [3.8, 4) is 12.0 Å². The molecule has 0 saturated carbocycles. The van der Waals surface area contributed by atoms with E-state index < -0.39 is 0 Å². The van der Waals surface area contributed by atoms with E-state index in [1.54, 1.807) is 0 Å². The lowest BCUT2D eigenvalue weighted by molar-refractivity contribution is -1.02. The lowest BCUT2D eigenvalue weighted by Crippen LogP contribution is -3.11. The fourth-order valence-corrected chi connectivity index (χ4v) is 6.31. The van der Waals surface area contributed by atoms with Gasteiger partial charge in [0.15, 0.2) is 6.04 Å². The standard InChI is InChI=1S/C24H29N2OS/c1-2-3-4-11-16-26-19-28-24(21-14-9-6-10-15-21)22(26)18-25(27)23(26)17-20-12-7-5-8-13-20/h5-10,12-15,22-25H,2-4,17-19H2,1H3/q+1. The van der Waals surface area contributed by atoms with Crippen LogP contribution in [0, 0.1) is 17.2 Å². The first-order chi connectivity index (χ1) is 13.7. The molecular formula is C24H29N2OS+. The largest absolute Gasteiger partial charge is 0.630 e. The van der Waals surface area contributed by atoms with Gasteiger partial charge >= 0.3 is 0 Å². The smallest absolute Gasteiger partial charge is 0.232 e. The van der Waals surface area contributed by atoms with E-state index in [4.69, 9.17) is 0 Å². The number of fused-ring (bicyclic) bond motifs is 1. The van der Waals surface area contributed by atoms with Crippen LogP contribution in [-0.2, 0) is 6.42 Å². The van der Waals surface area contributed by atoms with Crippen molar-refractivity contribution in [3.05, 3.63) is 77.0 Å². The number of quaternary nitrogens is 2. The molecule has 4 rings (SSSR count). The zero-order chi connectivity index (χ0) is 19.4.